The van der Waals surface area contributed by atoms with Crippen LogP contribution in [-0.4, -0.2) is 43.1 Å². The van der Waals surface area contributed by atoms with Crippen molar-refractivity contribution in [3.63, 3.8) is 0 Å². The average molecular weight is 392 g/mol. The summed E-state index contributed by atoms with van der Waals surface area (Å²) in [6.45, 7) is 4.07. The van der Waals surface area contributed by atoms with Crippen LogP contribution in [0.2, 0.25) is 0 Å². The molecule has 0 spiro atoms. The Balaban J connectivity index is 1.53. The molecule has 3 aromatic heterocycles. The third-order valence-electron chi connectivity index (χ3n) is 4.35. The summed E-state index contributed by atoms with van der Waals surface area (Å²) in [5.74, 6) is 2.09. The van der Waals surface area contributed by atoms with Gasteiger partial charge in [-0.25, -0.2) is 9.78 Å². The summed E-state index contributed by atoms with van der Waals surface area (Å²) >= 11 is 0. The van der Waals surface area contributed by atoms with Crippen molar-refractivity contribution in [3.8, 4) is 17.3 Å². The van der Waals surface area contributed by atoms with Gasteiger partial charge in [0.2, 0.25) is 0 Å². The van der Waals surface area contributed by atoms with Crippen LogP contribution in [0.3, 0.4) is 0 Å². The maximum Gasteiger partial charge on any atom is 0.326 e. The van der Waals surface area contributed by atoms with E-state index in [0.29, 0.717) is 28.9 Å². The number of carbonyl (C=O) groups excluding carboxylic acids is 1. The molecular weight excluding hydrogens is 372 g/mol. The Morgan fingerprint density at radius 2 is 2.07 bits per heavy atom. The van der Waals surface area contributed by atoms with Crippen molar-refractivity contribution >= 4 is 28.6 Å². The Morgan fingerprint density at radius 3 is 2.86 bits per heavy atom. The number of hydrogen-bond acceptors (Lipinski definition) is 6. The molecule has 0 saturated heterocycles. The van der Waals surface area contributed by atoms with Gasteiger partial charge in [0, 0.05) is 11.4 Å². The Kier molecular flexibility index (Phi) is 4.82. The fraction of sp³-hybridized carbons (Fsp3) is 0.211. The number of carbonyl (C=O) groups is 1. The number of nitrogens with one attached hydrogen (secondary N) is 3. The highest BCUT2D eigenvalue weighted by Gasteiger charge is 2.14. The molecule has 0 radical (unpaired) electrons. The number of benzene rings is 1. The number of pyridine rings is 1. The molecule has 29 heavy (non-hydrogen) atoms. The predicted molar refractivity (Wildman–Crippen MR) is 109 cm³/mol. The van der Waals surface area contributed by atoms with Crippen LogP contribution < -0.4 is 15.4 Å². The highest BCUT2D eigenvalue weighted by Crippen LogP contribution is 2.25. The van der Waals surface area contributed by atoms with Crippen LogP contribution in [0.4, 0.5) is 16.4 Å². The molecule has 10 nitrogen and oxygen atoms in total. The molecule has 3 heterocycles. The lowest BCUT2D eigenvalue weighted by Gasteiger charge is -2.10. The topological polar surface area (TPSA) is 123 Å². The molecule has 0 aliphatic heterocycles. The third kappa shape index (κ3) is 3.72. The van der Waals surface area contributed by atoms with Crippen LogP contribution in [0.25, 0.3) is 22.4 Å². The fourth-order valence-corrected chi connectivity index (χ4v) is 2.90. The number of nitrogens with zero attached hydrogens (tertiary/aromatic N) is 5. The molecule has 0 atom stereocenters. The molecule has 0 aliphatic rings. The number of anilines is 2. The molecule has 10 heteroatoms. The molecule has 0 unspecified atom stereocenters. The lowest BCUT2D eigenvalue weighted by Crippen LogP contribution is -2.20. The van der Waals surface area contributed by atoms with Gasteiger partial charge in [-0.2, -0.15) is 5.10 Å². The smallest absolute Gasteiger partial charge is 0.326 e. The van der Waals surface area contributed by atoms with E-state index in [1.54, 1.807) is 31.6 Å². The summed E-state index contributed by atoms with van der Waals surface area (Å²) in [6, 6.07) is 10.5. The first-order valence-corrected chi connectivity index (χ1v) is 9.02. The number of H-pyrrole nitrogens is 1. The third-order valence-corrected chi connectivity index (χ3v) is 4.35. The van der Waals surface area contributed by atoms with Crippen LogP contribution in [0.1, 0.15) is 19.9 Å². The number of methoxy groups -OCH3 is 1. The second kappa shape index (κ2) is 7.58. The molecule has 2 amide bonds. The van der Waals surface area contributed by atoms with E-state index >= 15 is 0 Å². The molecule has 3 N–H and O–H groups in total. The summed E-state index contributed by atoms with van der Waals surface area (Å²) in [7, 11) is 1.58. The fourth-order valence-electron chi connectivity index (χ4n) is 2.90. The zero-order valence-electron chi connectivity index (χ0n) is 16.2. The van der Waals surface area contributed by atoms with Crippen LogP contribution in [0.15, 0.2) is 42.7 Å². The molecule has 148 valence electrons. The first-order valence-electron chi connectivity index (χ1n) is 9.02. The Bertz CT molecular complexity index is 1160. The van der Waals surface area contributed by atoms with Gasteiger partial charge in [-0.05, 0) is 44.2 Å². The molecule has 0 aliphatic carbocycles. The normalized spacial score (nSPS) is 11.0. The number of hydrogen-bond donors (Lipinski definition) is 3. The number of urea groups is 1. The minimum Gasteiger partial charge on any atom is -0.497 e. The molecule has 1 aromatic carbocycles. The lowest BCUT2D eigenvalue weighted by atomic mass is 10.2. The molecule has 0 saturated carbocycles. The van der Waals surface area contributed by atoms with Crippen LogP contribution in [0.5, 0.6) is 5.75 Å². The van der Waals surface area contributed by atoms with E-state index in [9.17, 15) is 4.79 Å². The van der Waals surface area contributed by atoms with E-state index in [2.05, 4.69) is 36.0 Å². The van der Waals surface area contributed by atoms with E-state index in [0.717, 1.165) is 10.9 Å². The number of rotatable bonds is 5. The Hall–Kier alpha value is -3.95. The first kappa shape index (κ1) is 18.4. The van der Waals surface area contributed by atoms with Gasteiger partial charge in [-0.15, -0.1) is 10.2 Å². The van der Waals surface area contributed by atoms with Gasteiger partial charge in [0.25, 0.3) is 0 Å². The largest absolute Gasteiger partial charge is 0.497 e. The molecule has 0 bridgehead atoms. The second-order valence-corrected chi connectivity index (χ2v) is 6.63. The van der Waals surface area contributed by atoms with Gasteiger partial charge in [-0.3, -0.25) is 15.7 Å². The van der Waals surface area contributed by atoms with Gasteiger partial charge in [-0.1, -0.05) is 6.07 Å². The summed E-state index contributed by atoms with van der Waals surface area (Å²) in [5.41, 5.74) is 1.40. The molecule has 4 rings (SSSR count). The van der Waals surface area contributed by atoms with E-state index in [1.807, 2.05) is 36.6 Å². The SMILES string of the molecule is COc1ccc2[nH]nc(NC(=O)Nc3cccc(-c4nncn4C(C)C)n3)c2c1. The lowest BCUT2D eigenvalue weighted by molar-refractivity contribution is 0.262. The number of aromatic amines is 1. The van der Waals surface area contributed by atoms with Crippen molar-refractivity contribution in [2.75, 3.05) is 17.7 Å². The van der Waals surface area contributed by atoms with E-state index in [1.165, 1.54) is 0 Å². The second-order valence-electron chi connectivity index (χ2n) is 6.63. The van der Waals surface area contributed by atoms with E-state index < -0.39 is 6.03 Å². The maximum atomic E-state index is 12.5. The minimum atomic E-state index is -0.462. The average Bonchev–Trinajstić information content (AvgIpc) is 3.35. The number of aromatic nitrogens is 6. The van der Waals surface area contributed by atoms with Crippen LogP contribution >= 0.6 is 0 Å². The Morgan fingerprint density at radius 1 is 1.21 bits per heavy atom. The zero-order chi connectivity index (χ0) is 20.4. The van der Waals surface area contributed by atoms with Crippen molar-refractivity contribution in [1.29, 1.82) is 0 Å². The van der Waals surface area contributed by atoms with Gasteiger partial charge in [0.15, 0.2) is 11.6 Å². The van der Waals surface area contributed by atoms with Crippen molar-refractivity contribution in [3.05, 3.63) is 42.7 Å². The summed E-state index contributed by atoms with van der Waals surface area (Å²) < 4.78 is 7.14. The van der Waals surface area contributed by atoms with Crippen molar-refractivity contribution in [2.24, 2.45) is 0 Å². The predicted octanol–water partition coefficient (Wildman–Crippen LogP) is 3.45. The first-order chi connectivity index (χ1) is 14.0. The van der Waals surface area contributed by atoms with Gasteiger partial charge >= 0.3 is 6.03 Å². The van der Waals surface area contributed by atoms with Gasteiger partial charge in [0.05, 0.1) is 12.6 Å². The molecule has 4 aromatic rings. The standard InChI is InChI=1S/C19H20N8O2/c1-11(2)27-10-20-26-18(27)15-5-4-6-16(21-15)22-19(28)23-17-13-9-12(29-3)7-8-14(13)24-25-17/h4-11H,1-3H3,(H3,21,22,23,24,25,28). The van der Waals surface area contributed by atoms with Crippen molar-refractivity contribution in [2.45, 2.75) is 19.9 Å². The highest BCUT2D eigenvalue weighted by molar-refractivity contribution is 6.04. The zero-order valence-corrected chi connectivity index (χ0v) is 16.2. The quantitative estimate of drug-likeness (QED) is 0.478. The van der Waals surface area contributed by atoms with Crippen molar-refractivity contribution < 1.29 is 9.53 Å². The monoisotopic (exact) mass is 392 g/mol. The summed E-state index contributed by atoms with van der Waals surface area (Å²) in [6.07, 6.45) is 1.66. The van der Waals surface area contributed by atoms with Gasteiger partial charge in [0.1, 0.15) is 23.6 Å². The molecular formula is C19H20N8O2. The van der Waals surface area contributed by atoms with Gasteiger partial charge < -0.3 is 9.30 Å². The molecule has 0 fully saturated rings. The highest BCUT2D eigenvalue weighted by atomic mass is 16.5. The number of amides is 2. The van der Waals surface area contributed by atoms with Crippen LogP contribution in [-0.2, 0) is 0 Å². The van der Waals surface area contributed by atoms with Crippen molar-refractivity contribution in [1.82, 2.24) is 29.9 Å². The van der Waals surface area contributed by atoms with E-state index in [-0.39, 0.29) is 6.04 Å². The Labute approximate surface area is 166 Å². The summed E-state index contributed by atoms with van der Waals surface area (Å²) in [4.78, 5) is 16.9. The summed E-state index contributed by atoms with van der Waals surface area (Å²) in [5, 5.41) is 21.3. The van der Waals surface area contributed by atoms with E-state index in [4.69, 9.17) is 4.74 Å². The van der Waals surface area contributed by atoms with Crippen LogP contribution in [0, 0.1) is 0 Å². The maximum absolute atomic E-state index is 12.5. The number of fused-ring (bicyclic) bond motifs is 1. The number of ether oxygens (including phenoxy) is 1. The minimum absolute atomic E-state index is 0.187.